The summed E-state index contributed by atoms with van der Waals surface area (Å²) in [7, 11) is 1.64. The molecule has 2 aromatic rings. The molecule has 3 aliphatic rings. The highest BCUT2D eigenvalue weighted by Gasteiger charge is 2.57. The Balaban J connectivity index is 1.37. The Morgan fingerprint density at radius 3 is 2.65 bits per heavy atom. The van der Waals surface area contributed by atoms with Crippen molar-refractivity contribution in [3.63, 3.8) is 0 Å². The van der Waals surface area contributed by atoms with Crippen LogP contribution < -0.4 is 4.90 Å². The molecule has 0 spiro atoms. The number of imide groups is 1. The van der Waals surface area contributed by atoms with Gasteiger partial charge < -0.3 is 14.6 Å². The maximum atomic E-state index is 13.8. The summed E-state index contributed by atoms with van der Waals surface area (Å²) in [5.41, 5.74) is 4.64. The van der Waals surface area contributed by atoms with Gasteiger partial charge in [-0.3, -0.25) is 14.5 Å². The molecule has 194 valence electrons. The number of nitrogens with zero attached hydrogens (tertiary/aromatic N) is 1. The highest BCUT2D eigenvalue weighted by Crippen LogP contribution is 2.50. The van der Waals surface area contributed by atoms with E-state index in [0.717, 1.165) is 36.0 Å². The Bertz CT molecular complexity index is 1250. The van der Waals surface area contributed by atoms with Crippen LogP contribution in [0, 0.1) is 23.6 Å². The van der Waals surface area contributed by atoms with E-state index < -0.39 is 17.7 Å². The zero-order valence-corrected chi connectivity index (χ0v) is 21.2. The third-order valence-electron chi connectivity index (χ3n) is 7.87. The average Bonchev–Trinajstić information content (AvgIpc) is 3.43. The van der Waals surface area contributed by atoms with E-state index in [4.69, 9.17) is 9.47 Å². The number of amides is 2. The number of rotatable bonds is 8. The molecule has 2 aliphatic heterocycles. The monoisotopic (exact) mass is 505 g/mol. The van der Waals surface area contributed by atoms with Crippen molar-refractivity contribution in [3.8, 4) is 5.75 Å². The maximum absolute atomic E-state index is 13.8. The fraction of sp³-hybridized carbons (Fsp3) is 0.400. The first-order chi connectivity index (χ1) is 17.9. The molecule has 5 rings (SSSR count). The number of phenolic OH excluding ortho intramolecular Hbond substituents is 1. The van der Waals surface area contributed by atoms with Crippen LogP contribution in [0.25, 0.3) is 6.08 Å². The van der Waals surface area contributed by atoms with Gasteiger partial charge in [0.1, 0.15) is 0 Å². The number of carbonyl (C=O) groups excluding carboxylic acids is 2. The number of aromatic hydroxyl groups is 1. The van der Waals surface area contributed by atoms with Gasteiger partial charge in [0, 0.05) is 13.0 Å². The number of para-hydroxylation sites is 1. The van der Waals surface area contributed by atoms with E-state index in [9.17, 15) is 19.1 Å². The van der Waals surface area contributed by atoms with E-state index >= 15 is 0 Å². The van der Waals surface area contributed by atoms with Crippen molar-refractivity contribution in [2.75, 3.05) is 25.2 Å². The zero-order valence-electron chi connectivity index (χ0n) is 21.2. The molecule has 37 heavy (non-hydrogen) atoms. The van der Waals surface area contributed by atoms with Gasteiger partial charge in [-0.1, -0.05) is 42.8 Å². The fourth-order valence-electron chi connectivity index (χ4n) is 6.13. The number of allylic oxidation sites excluding steroid dienone is 1. The van der Waals surface area contributed by atoms with Gasteiger partial charge >= 0.3 is 0 Å². The first-order valence-corrected chi connectivity index (χ1v) is 12.9. The summed E-state index contributed by atoms with van der Waals surface area (Å²) in [6.07, 6.45) is 4.57. The second-order valence-corrected chi connectivity index (χ2v) is 10.0. The SMILES string of the molecule is CC/C(=C\c1ccc(O)c(F)c1)CC[C@H]1OC[C@H]2C1=C(COC)C[C@H]1C(=O)N(c3ccccc3)C(=O)[C@H]12. The molecule has 1 aliphatic carbocycles. The number of carbonyl (C=O) groups is 2. The summed E-state index contributed by atoms with van der Waals surface area (Å²) >= 11 is 0. The van der Waals surface area contributed by atoms with Crippen molar-refractivity contribution in [3.05, 3.63) is 76.6 Å². The van der Waals surface area contributed by atoms with Crippen LogP contribution in [0.2, 0.25) is 0 Å². The molecule has 2 aromatic carbocycles. The van der Waals surface area contributed by atoms with Gasteiger partial charge in [-0.15, -0.1) is 0 Å². The number of halogens is 1. The molecule has 6 nitrogen and oxygen atoms in total. The number of anilines is 1. The van der Waals surface area contributed by atoms with Gasteiger partial charge in [-0.2, -0.15) is 0 Å². The van der Waals surface area contributed by atoms with Crippen LogP contribution in [0.4, 0.5) is 10.1 Å². The molecule has 0 saturated carbocycles. The second-order valence-electron chi connectivity index (χ2n) is 10.0. The molecule has 2 saturated heterocycles. The van der Waals surface area contributed by atoms with E-state index in [-0.39, 0.29) is 29.6 Å². The number of hydrogen-bond acceptors (Lipinski definition) is 5. The molecule has 2 amide bonds. The summed E-state index contributed by atoms with van der Waals surface area (Å²) in [6.45, 7) is 2.87. The minimum atomic E-state index is -0.641. The predicted molar refractivity (Wildman–Crippen MR) is 138 cm³/mol. The van der Waals surface area contributed by atoms with Crippen molar-refractivity contribution in [2.24, 2.45) is 17.8 Å². The molecule has 2 heterocycles. The number of benzene rings is 2. The molecular weight excluding hydrogens is 473 g/mol. The minimum Gasteiger partial charge on any atom is -0.505 e. The topological polar surface area (TPSA) is 76.1 Å². The molecule has 7 heteroatoms. The quantitative estimate of drug-likeness (QED) is 0.391. The van der Waals surface area contributed by atoms with Gasteiger partial charge in [-0.25, -0.2) is 4.39 Å². The number of fused-ring (bicyclic) bond motifs is 3. The van der Waals surface area contributed by atoms with Crippen molar-refractivity contribution in [1.82, 2.24) is 0 Å². The van der Waals surface area contributed by atoms with E-state index in [1.807, 2.05) is 24.3 Å². The fourth-order valence-corrected chi connectivity index (χ4v) is 6.13. The summed E-state index contributed by atoms with van der Waals surface area (Å²) < 4.78 is 25.6. The molecule has 0 unspecified atom stereocenters. The standard InChI is InChI=1S/C30H32FNO5/c1-3-18(13-19-9-11-25(33)24(31)14-19)10-12-26-27-20(16-36-2)15-22-28(23(27)17-37-26)30(35)32(29(22)34)21-7-5-4-6-8-21/h4-9,11,13-14,22-23,26,28,33H,3,10,12,15-17H2,1-2H3/b18-13+/t22-,23+,26-,28-/m1/s1. The van der Waals surface area contributed by atoms with Crippen molar-refractivity contribution in [1.29, 1.82) is 0 Å². The lowest BCUT2D eigenvalue weighted by molar-refractivity contribution is -0.122. The summed E-state index contributed by atoms with van der Waals surface area (Å²) in [4.78, 5) is 28.3. The lowest BCUT2D eigenvalue weighted by Gasteiger charge is -2.31. The third kappa shape index (κ3) is 4.74. The molecule has 0 radical (unpaired) electrons. The van der Waals surface area contributed by atoms with Crippen LogP contribution >= 0.6 is 0 Å². The molecule has 2 fully saturated rings. The average molecular weight is 506 g/mol. The van der Waals surface area contributed by atoms with Crippen molar-refractivity contribution in [2.45, 2.75) is 38.7 Å². The van der Waals surface area contributed by atoms with Crippen molar-refractivity contribution < 1.29 is 28.6 Å². The molecule has 1 N–H and O–H groups in total. The Kier molecular flexibility index (Phi) is 7.26. The van der Waals surface area contributed by atoms with Crippen LogP contribution in [0.1, 0.15) is 38.2 Å². The number of phenols is 1. The van der Waals surface area contributed by atoms with Gasteiger partial charge in [-0.05, 0) is 66.7 Å². The molecule has 4 atom stereocenters. The van der Waals surface area contributed by atoms with E-state index in [1.165, 1.54) is 17.0 Å². The number of hydrogen-bond donors (Lipinski definition) is 1. The number of ether oxygens (including phenoxy) is 2. The minimum absolute atomic E-state index is 0.140. The smallest absolute Gasteiger partial charge is 0.238 e. The summed E-state index contributed by atoms with van der Waals surface area (Å²) in [6, 6.07) is 13.5. The number of methoxy groups -OCH3 is 1. The van der Waals surface area contributed by atoms with E-state index in [1.54, 1.807) is 25.3 Å². The Labute approximate surface area is 216 Å². The highest BCUT2D eigenvalue weighted by molar-refractivity contribution is 6.22. The predicted octanol–water partition coefficient (Wildman–Crippen LogP) is 5.27. The summed E-state index contributed by atoms with van der Waals surface area (Å²) in [5, 5.41) is 9.47. The van der Waals surface area contributed by atoms with E-state index in [0.29, 0.717) is 30.9 Å². The normalized spacial score (nSPS) is 25.6. The van der Waals surface area contributed by atoms with E-state index in [2.05, 4.69) is 6.92 Å². The van der Waals surface area contributed by atoms with Gasteiger partial charge in [0.25, 0.3) is 0 Å². The van der Waals surface area contributed by atoms with Crippen LogP contribution in [0.15, 0.2) is 65.3 Å². The summed E-state index contributed by atoms with van der Waals surface area (Å²) in [5.74, 6) is -2.25. The van der Waals surface area contributed by atoms with Crippen LogP contribution in [-0.4, -0.2) is 43.3 Å². The van der Waals surface area contributed by atoms with Crippen molar-refractivity contribution >= 4 is 23.6 Å². The first-order valence-electron chi connectivity index (χ1n) is 12.9. The Morgan fingerprint density at radius 1 is 1.16 bits per heavy atom. The lowest BCUT2D eigenvalue weighted by atomic mass is 9.69. The molecule has 0 aromatic heterocycles. The van der Waals surface area contributed by atoms with Gasteiger partial charge in [0.2, 0.25) is 11.8 Å². The van der Waals surface area contributed by atoms with Crippen LogP contribution in [0.3, 0.4) is 0 Å². The first kappa shape index (κ1) is 25.4. The Hall–Kier alpha value is -3.29. The highest BCUT2D eigenvalue weighted by atomic mass is 19.1. The van der Waals surface area contributed by atoms with Gasteiger partial charge in [0.05, 0.1) is 36.8 Å². The zero-order chi connectivity index (χ0) is 26.1. The lowest BCUT2D eigenvalue weighted by Crippen LogP contribution is -2.35. The largest absolute Gasteiger partial charge is 0.505 e. The Morgan fingerprint density at radius 2 is 1.95 bits per heavy atom. The second kappa shape index (κ2) is 10.6. The molecule has 0 bridgehead atoms. The molecular formula is C30H32FNO5. The third-order valence-corrected chi connectivity index (χ3v) is 7.87. The van der Waals surface area contributed by atoms with Gasteiger partial charge in [0.15, 0.2) is 11.6 Å². The maximum Gasteiger partial charge on any atom is 0.238 e. The van der Waals surface area contributed by atoms with Crippen LogP contribution in [-0.2, 0) is 19.1 Å². The van der Waals surface area contributed by atoms with Crippen LogP contribution in [0.5, 0.6) is 5.75 Å².